The first kappa shape index (κ1) is 18.9. The van der Waals surface area contributed by atoms with Gasteiger partial charge in [0.15, 0.2) is 0 Å². The predicted molar refractivity (Wildman–Crippen MR) is 92.4 cm³/mol. The number of nitrogens with one attached hydrogen (secondary N) is 2. The molecule has 2 aromatic heterocycles. The summed E-state index contributed by atoms with van der Waals surface area (Å²) in [5.74, 6) is 0. The lowest BCUT2D eigenvalue weighted by Crippen LogP contribution is -2.22. The summed E-state index contributed by atoms with van der Waals surface area (Å²) in [7, 11) is -3.80. The smallest absolute Gasteiger partial charge is 0.273 e. The van der Waals surface area contributed by atoms with Gasteiger partial charge < -0.3 is 0 Å². The second-order valence-electron chi connectivity index (χ2n) is 5.23. The molecule has 0 aliphatic rings. The number of rotatable bonds is 5. The van der Waals surface area contributed by atoms with Gasteiger partial charge in [0, 0.05) is 11.6 Å². The lowest BCUT2D eigenvalue weighted by atomic mass is 10.2. The molecule has 2 heterocycles. The molecule has 0 radical (unpaired) electrons. The van der Waals surface area contributed by atoms with Crippen molar-refractivity contribution in [1.82, 2.24) is 14.9 Å². The van der Waals surface area contributed by atoms with E-state index in [1.807, 2.05) is 5.10 Å². The number of aromatic amines is 1. The maximum Gasteiger partial charge on any atom is 0.432 e. The third-order valence-corrected chi connectivity index (χ3v) is 6.61. The Morgan fingerprint density at radius 2 is 1.85 bits per heavy atom. The SMILES string of the molecule is O=S(=O)(NCc1ccc(Cl)cc1)c1ccc(-c2cc(C(F)(F)F)[nH]n2)s1. The van der Waals surface area contributed by atoms with Gasteiger partial charge in [-0.2, -0.15) is 18.3 Å². The number of benzene rings is 1. The lowest BCUT2D eigenvalue weighted by molar-refractivity contribution is -0.141. The molecule has 0 aliphatic heterocycles. The molecule has 0 unspecified atom stereocenters. The summed E-state index contributed by atoms with van der Waals surface area (Å²) in [6.07, 6.45) is -4.54. The van der Waals surface area contributed by atoms with Crippen LogP contribution in [0.15, 0.2) is 46.7 Å². The molecule has 26 heavy (non-hydrogen) atoms. The van der Waals surface area contributed by atoms with E-state index in [1.165, 1.54) is 12.1 Å². The molecule has 0 aliphatic carbocycles. The van der Waals surface area contributed by atoms with Crippen molar-refractivity contribution in [2.24, 2.45) is 0 Å². The fourth-order valence-corrected chi connectivity index (χ4v) is 4.50. The molecule has 5 nitrogen and oxygen atoms in total. The largest absolute Gasteiger partial charge is 0.432 e. The number of aromatic nitrogens is 2. The molecule has 0 fully saturated rings. The number of sulfonamides is 1. The Morgan fingerprint density at radius 3 is 2.46 bits per heavy atom. The van der Waals surface area contributed by atoms with Gasteiger partial charge in [0.1, 0.15) is 15.6 Å². The molecule has 0 atom stereocenters. The van der Waals surface area contributed by atoms with Crippen LogP contribution in [0.2, 0.25) is 5.02 Å². The molecule has 1 aromatic carbocycles. The molecular weight excluding hydrogens is 411 g/mol. The maximum absolute atomic E-state index is 12.6. The first-order valence-corrected chi connectivity index (χ1v) is 9.80. The van der Waals surface area contributed by atoms with E-state index >= 15 is 0 Å². The summed E-state index contributed by atoms with van der Waals surface area (Å²) in [6, 6.07) is 10.2. The van der Waals surface area contributed by atoms with Crippen molar-refractivity contribution in [2.75, 3.05) is 0 Å². The van der Waals surface area contributed by atoms with E-state index in [2.05, 4.69) is 9.82 Å². The molecule has 0 saturated carbocycles. The Morgan fingerprint density at radius 1 is 1.15 bits per heavy atom. The quantitative estimate of drug-likeness (QED) is 0.645. The van der Waals surface area contributed by atoms with Crippen LogP contribution in [0, 0.1) is 0 Å². The van der Waals surface area contributed by atoms with E-state index in [9.17, 15) is 21.6 Å². The normalized spacial score (nSPS) is 12.5. The van der Waals surface area contributed by atoms with Gasteiger partial charge in [-0.05, 0) is 35.9 Å². The number of hydrogen-bond acceptors (Lipinski definition) is 4. The van der Waals surface area contributed by atoms with Gasteiger partial charge >= 0.3 is 6.18 Å². The van der Waals surface area contributed by atoms with Crippen molar-refractivity contribution in [3.8, 4) is 10.6 Å². The van der Waals surface area contributed by atoms with Gasteiger partial charge in [0.2, 0.25) is 10.0 Å². The van der Waals surface area contributed by atoms with Crippen molar-refractivity contribution in [2.45, 2.75) is 16.9 Å². The van der Waals surface area contributed by atoms with E-state index in [-0.39, 0.29) is 16.4 Å². The van der Waals surface area contributed by atoms with Crippen LogP contribution >= 0.6 is 22.9 Å². The van der Waals surface area contributed by atoms with Crippen LogP contribution < -0.4 is 4.72 Å². The van der Waals surface area contributed by atoms with Gasteiger partial charge in [0.25, 0.3) is 0 Å². The van der Waals surface area contributed by atoms with Gasteiger partial charge in [-0.25, -0.2) is 13.1 Å². The minimum Gasteiger partial charge on any atom is -0.273 e. The Bertz CT molecular complexity index is 1010. The van der Waals surface area contributed by atoms with Crippen LogP contribution in [0.1, 0.15) is 11.3 Å². The number of hydrogen-bond donors (Lipinski definition) is 2. The molecule has 3 aromatic rings. The van der Waals surface area contributed by atoms with Gasteiger partial charge in [-0.15, -0.1) is 11.3 Å². The van der Waals surface area contributed by atoms with Gasteiger partial charge in [0.05, 0.1) is 4.88 Å². The molecule has 0 amide bonds. The zero-order chi connectivity index (χ0) is 18.9. The first-order chi connectivity index (χ1) is 12.1. The van der Waals surface area contributed by atoms with Crippen molar-refractivity contribution >= 4 is 33.0 Å². The molecule has 138 valence electrons. The summed E-state index contributed by atoms with van der Waals surface area (Å²) in [6.45, 7) is 0.0629. The zero-order valence-electron chi connectivity index (χ0n) is 12.8. The second-order valence-corrected chi connectivity index (χ2v) is 8.75. The van der Waals surface area contributed by atoms with E-state index < -0.39 is 21.9 Å². The highest BCUT2D eigenvalue weighted by atomic mass is 35.5. The topological polar surface area (TPSA) is 74.8 Å². The average Bonchev–Trinajstić information content (AvgIpc) is 3.23. The Kier molecular flexibility index (Phi) is 5.11. The highest BCUT2D eigenvalue weighted by Gasteiger charge is 2.33. The van der Waals surface area contributed by atoms with Gasteiger partial charge in [-0.3, -0.25) is 5.10 Å². The molecule has 0 spiro atoms. The minimum absolute atomic E-state index is 0.0157. The number of halogens is 4. The molecule has 0 bridgehead atoms. The predicted octanol–water partition coefficient (Wildman–Crippen LogP) is 4.29. The van der Waals surface area contributed by atoms with E-state index in [1.54, 1.807) is 24.3 Å². The molecule has 11 heteroatoms. The molecule has 2 N–H and O–H groups in total. The van der Waals surface area contributed by atoms with Crippen LogP contribution in [0.4, 0.5) is 13.2 Å². The Hall–Kier alpha value is -1.88. The summed E-state index contributed by atoms with van der Waals surface area (Å²) in [5, 5.41) is 6.03. The number of thiophene rings is 1. The van der Waals surface area contributed by atoms with Crippen LogP contribution in [0.5, 0.6) is 0 Å². The minimum atomic E-state index is -4.54. The fourth-order valence-electron chi connectivity index (χ4n) is 2.05. The van der Waals surface area contributed by atoms with Crippen molar-refractivity contribution < 1.29 is 21.6 Å². The monoisotopic (exact) mass is 421 g/mol. The number of alkyl halides is 3. The third kappa shape index (κ3) is 4.26. The van der Waals surface area contributed by atoms with Crippen molar-refractivity contribution in [1.29, 1.82) is 0 Å². The third-order valence-electron chi connectivity index (χ3n) is 3.36. The average molecular weight is 422 g/mol. The molecule has 3 rings (SSSR count). The number of H-pyrrole nitrogens is 1. The maximum atomic E-state index is 12.6. The van der Waals surface area contributed by atoms with Crippen molar-refractivity contribution in [3.05, 3.63) is 58.7 Å². The van der Waals surface area contributed by atoms with Crippen LogP contribution in [-0.2, 0) is 22.7 Å². The van der Waals surface area contributed by atoms with Crippen LogP contribution in [0.3, 0.4) is 0 Å². The van der Waals surface area contributed by atoms with E-state index in [0.29, 0.717) is 9.90 Å². The Balaban J connectivity index is 1.75. The second kappa shape index (κ2) is 7.03. The summed E-state index contributed by atoms with van der Waals surface area (Å²) in [4.78, 5) is 0.309. The van der Waals surface area contributed by atoms with Gasteiger partial charge in [-0.1, -0.05) is 23.7 Å². The standard InChI is InChI=1S/C15H11ClF3N3O2S2/c16-10-3-1-9(2-4-10)8-20-26(23,24)14-6-5-12(25-14)11-7-13(22-21-11)15(17,18)19/h1-7,20H,8H2,(H,21,22). The summed E-state index contributed by atoms with van der Waals surface area (Å²) >= 11 is 6.61. The summed E-state index contributed by atoms with van der Waals surface area (Å²) in [5.41, 5.74) is -0.246. The number of nitrogens with zero attached hydrogens (tertiary/aromatic N) is 1. The van der Waals surface area contributed by atoms with E-state index in [4.69, 9.17) is 11.6 Å². The summed E-state index contributed by atoms with van der Waals surface area (Å²) < 4.78 is 65.0. The molecule has 0 saturated heterocycles. The Labute approximate surface area is 155 Å². The van der Waals surface area contributed by atoms with E-state index in [0.717, 1.165) is 23.0 Å². The van der Waals surface area contributed by atoms with Crippen LogP contribution in [-0.4, -0.2) is 18.6 Å². The zero-order valence-corrected chi connectivity index (χ0v) is 15.2. The van der Waals surface area contributed by atoms with Crippen molar-refractivity contribution in [3.63, 3.8) is 0 Å². The fraction of sp³-hybridized carbons (Fsp3) is 0.133. The van der Waals surface area contributed by atoms with Crippen LogP contribution in [0.25, 0.3) is 10.6 Å². The lowest BCUT2D eigenvalue weighted by Gasteiger charge is -2.05. The highest BCUT2D eigenvalue weighted by Crippen LogP contribution is 2.34. The molecular formula is C15H11ClF3N3O2S2. The first-order valence-electron chi connectivity index (χ1n) is 7.12. The highest BCUT2D eigenvalue weighted by molar-refractivity contribution is 7.91.